The van der Waals surface area contributed by atoms with Crippen molar-refractivity contribution in [2.75, 3.05) is 47.4 Å². The average molecular weight is 683 g/mol. The molecule has 50 heavy (non-hydrogen) atoms. The molecule has 2 aromatic heterocycles. The van der Waals surface area contributed by atoms with Gasteiger partial charge in [-0.15, -0.1) is 0 Å². The highest BCUT2D eigenvalue weighted by atomic mass is 16.3. The highest BCUT2D eigenvalue weighted by molar-refractivity contribution is 6.05. The summed E-state index contributed by atoms with van der Waals surface area (Å²) in [5.74, 6) is -1.04. The fraction of sp³-hybridized carbons (Fsp3) is 0.571. The van der Waals surface area contributed by atoms with E-state index in [9.17, 15) is 10.2 Å². The first-order valence-electron chi connectivity index (χ1n) is 19.7. The molecular formula is C42H62N6O2. The second-order valence-electron chi connectivity index (χ2n) is 14.1. The molecule has 0 spiro atoms. The van der Waals surface area contributed by atoms with E-state index in [-0.39, 0.29) is 0 Å². The molecule has 5 rings (SSSR count). The molecule has 0 aliphatic heterocycles. The number of pyridine rings is 2. The molecule has 8 heteroatoms. The largest absolute Gasteiger partial charge is 0.392 e. The molecule has 2 heterocycles. The monoisotopic (exact) mass is 682 g/mol. The third-order valence-electron chi connectivity index (χ3n) is 10.4. The van der Waals surface area contributed by atoms with Gasteiger partial charge in [0.15, 0.2) is 0 Å². The first-order valence-corrected chi connectivity index (χ1v) is 19.7. The van der Waals surface area contributed by atoms with Crippen LogP contribution in [0.2, 0.25) is 0 Å². The Labute approximate surface area is 300 Å². The molecule has 1 aliphatic carbocycles. The number of unbranched alkanes of at least 4 members (excludes halogenated alkanes) is 8. The lowest BCUT2D eigenvalue weighted by Crippen LogP contribution is -2.52. The standard InChI is InChI=1S/C42H62N6O2/c1-5-9-13-23-43-31-21-17-19-29-35(31)33(45-25-15-11-7-3)27-47-39(29)37-41(49)38(42(37)50)40-30-20-18-22-32(44-24-14-10-6-2)36(30)34(28-48-40)46-26-16-12-8-4/h17-22,27-28,37-38,41-46,49-50H,5-16,23-26H2,1-4H3. The Morgan fingerprint density at radius 2 is 0.820 bits per heavy atom. The summed E-state index contributed by atoms with van der Waals surface area (Å²) in [4.78, 5) is 9.89. The molecule has 0 unspecified atom stereocenters. The second-order valence-corrected chi connectivity index (χ2v) is 14.1. The summed E-state index contributed by atoms with van der Waals surface area (Å²) >= 11 is 0. The first kappa shape index (κ1) is 37.6. The molecule has 0 bridgehead atoms. The number of nitrogens with zero attached hydrogens (tertiary/aromatic N) is 2. The molecule has 2 aromatic carbocycles. The van der Waals surface area contributed by atoms with E-state index in [1.54, 1.807) is 0 Å². The molecule has 0 atom stereocenters. The van der Waals surface area contributed by atoms with Crippen LogP contribution in [0.5, 0.6) is 0 Å². The van der Waals surface area contributed by atoms with E-state index in [1.807, 2.05) is 12.4 Å². The van der Waals surface area contributed by atoms with Crippen LogP contribution in [0.4, 0.5) is 22.7 Å². The molecule has 0 saturated heterocycles. The summed E-state index contributed by atoms with van der Waals surface area (Å²) in [5, 5.41) is 42.6. The predicted octanol–water partition coefficient (Wildman–Crippen LogP) is 9.79. The molecular weight excluding hydrogens is 621 g/mol. The lowest BCUT2D eigenvalue weighted by molar-refractivity contribution is -0.0802. The number of rotatable bonds is 22. The normalized spacial score (nSPS) is 18.7. The van der Waals surface area contributed by atoms with Crippen LogP contribution >= 0.6 is 0 Å². The van der Waals surface area contributed by atoms with Gasteiger partial charge in [0.2, 0.25) is 0 Å². The van der Waals surface area contributed by atoms with Crippen LogP contribution in [0.3, 0.4) is 0 Å². The van der Waals surface area contributed by atoms with Gasteiger partial charge in [0, 0.05) is 59.1 Å². The third-order valence-corrected chi connectivity index (χ3v) is 10.4. The quantitative estimate of drug-likeness (QED) is 0.0454. The van der Waals surface area contributed by atoms with Gasteiger partial charge >= 0.3 is 0 Å². The Balaban J connectivity index is 1.48. The highest BCUT2D eigenvalue weighted by Crippen LogP contribution is 2.51. The van der Waals surface area contributed by atoms with Crippen molar-refractivity contribution in [1.29, 1.82) is 0 Å². The summed E-state index contributed by atoms with van der Waals surface area (Å²) in [7, 11) is 0. The van der Waals surface area contributed by atoms with Crippen LogP contribution in [0.15, 0.2) is 48.8 Å². The van der Waals surface area contributed by atoms with Gasteiger partial charge in [-0.1, -0.05) is 103 Å². The Kier molecular flexibility index (Phi) is 14.4. The Bertz CT molecular complexity index is 1480. The zero-order valence-electron chi connectivity index (χ0n) is 31.0. The zero-order valence-corrected chi connectivity index (χ0v) is 31.0. The molecule has 0 radical (unpaired) electrons. The van der Waals surface area contributed by atoms with Crippen molar-refractivity contribution in [2.24, 2.45) is 0 Å². The zero-order chi connectivity index (χ0) is 35.3. The Hall–Kier alpha value is -3.62. The van der Waals surface area contributed by atoms with E-state index in [4.69, 9.17) is 9.97 Å². The number of aromatic nitrogens is 2. The lowest BCUT2D eigenvalue weighted by Gasteiger charge is -2.46. The van der Waals surface area contributed by atoms with E-state index in [0.717, 1.165) is 108 Å². The van der Waals surface area contributed by atoms with E-state index in [0.29, 0.717) is 0 Å². The molecule has 1 fully saturated rings. The van der Waals surface area contributed by atoms with Crippen molar-refractivity contribution in [2.45, 2.75) is 129 Å². The topological polar surface area (TPSA) is 114 Å². The minimum atomic E-state index is -0.828. The number of aliphatic hydroxyl groups is 2. The lowest BCUT2D eigenvalue weighted by atomic mass is 9.64. The number of nitrogens with one attached hydrogen (secondary N) is 4. The molecule has 0 amide bonds. The van der Waals surface area contributed by atoms with Crippen LogP contribution < -0.4 is 21.3 Å². The second kappa shape index (κ2) is 19.1. The van der Waals surface area contributed by atoms with E-state index in [2.05, 4.69) is 85.4 Å². The van der Waals surface area contributed by atoms with Crippen LogP contribution in [-0.2, 0) is 0 Å². The molecule has 6 N–H and O–H groups in total. The van der Waals surface area contributed by atoms with E-state index in [1.165, 1.54) is 51.4 Å². The number of fused-ring (bicyclic) bond motifs is 2. The van der Waals surface area contributed by atoms with Crippen molar-refractivity contribution < 1.29 is 10.2 Å². The molecule has 272 valence electrons. The molecule has 4 aromatic rings. The summed E-state index contributed by atoms with van der Waals surface area (Å²) in [6.07, 6.45) is 16.0. The van der Waals surface area contributed by atoms with Crippen molar-refractivity contribution in [3.8, 4) is 0 Å². The minimum Gasteiger partial charge on any atom is -0.392 e. The molecule has 8 nitrogen and oxygen atoms in total. The maximum Gasteiger partial charge on any atom is 0.0758 e. The van der Waals surface area contributed by atoms with Gasteiger partial charge in [-0.2, -0.15) is 0 Å². The maximum absolute atomic E-state index is 11.9. The fourth-order valence-electron chi connectivity index (χ4n) is 7.49. The van der Waals surface area contributed by atoms with Gasteiger partial charge in [0.05, 0.1) is 59.2 Å². The summed E-state index contributed by atoms with van der Waals surface area (Å²) in [5.41, 5.74) is 5.59. The maximum atomic E-state index is 11.9. The van der Waals surface area contributed by atoms with Gasteiger partial charge in [-0.25, -0.2) is 0 Å². The van der Waals surface area contributed by atoms with Crippen molar-refractivity contribution in [1.82, 2.24) is 9.97 Å². The van der Waals surface area contributed by atoms with Gasteiger partial charge in [0.1, 0.15) is 0 Å². The van der Waals surface area contributed by atoms with Crippen LogP contribution in [0, 0.1) is 0 Å². The average Bonchev–Trinajstić information content (AvgIpc) is 3.13. The Morgan fingerprint density at radius 3 is 1.16 bits per heavy atom. The minimum absolute atomic E-state index is 0.522. The molecule has 1 aliphatic rings. The number of hydrogen-bond donors (Lipinski definition) is 6. The SMILES string of the molecule is CCCCCNc1cccc2c(C3C(O)C(c4ncc(NCCCCC)c5c(NCCCCC)cccc45)C3O)ncc(NCCCCC)c12. The number of aliphatic hydroxyl groups excluding tert-OH is 2. The summed E-state index contributed by atoms with van der Waals surface area (Å²) < 4.78 is 0. The van der Waals surface area contributed by atoms with Gasteiger partial charge in [-0.3, -0.25) is 9.97 Å². The van der Waals surface area contributed by atoms with Gasteiger partial charge in [0.25, 0.3) is 0 Å². The van der Waals surface area contributed by atoms with Crippen molar-refractivity contribution in [3.05, 3.63) is 60.2 Å². The highest BCUT2D eigenvalue weighted by Gasteiger charge is 2.53. The fourth-order valence-corrected chi connectivity index (χ4v) is 7.49. The van der Waals surface area contributed by atoms with Crippen LogP contribution in [0.1, 0.15) is 128 Å². The first-order chi connectivity index (χ1) is 24.5. The number of hydrogen-bond acceptors (Lipinski definition) is 8. The smallest absolute Gasteiger partial charge is 0.0758 e. The number of anilines is 4. The Morgan fingerprint density at radius 1 is 0.480 bits per heavy atom. The van der Waals surface area contributed by atoms with Crippen molar-refractivity contribution >= 4 is 44.3 Å². The van der Waals surface area contributed by atoms with Crippen LogP contribution in [0.25, 0.3) is 21.5 Å². The third kappa shape index (κ3) is 8.63. The van der Waals surface area contributed by atoms with Crippen LogP contribution in [-0.4, -0.2) is 58.6 Å². The van der Waals surface area contributed by atoms with Gasteiger partial charge < -0.3 is 31.5 Å². The number of benzene rings is 2. The summed E-state index contributed by atoms with van der Waals surface area (Å²) in [6, 6.07) is 12.6. The summed E-state index contributed by atoms with van der Waals surface area (Å²) in [6.45, 7) is 12.4. The molecule has 1 saturated carbocycles. The predicted molar refractivity (Wildman–Crippen MR) is 213 cm³/mol. The van der Waals surface area contributed by atoms with E-state index >= 15 is 0 Å². The van der Waals surface area contributed by atoms with Gasteiger partial charge in [-0.05, 0) is 37.8 Å². The van der Waals surface area contributed by atoms with Crippen molar-refractivity contribution in [3.63, 3.8) is 0 Å². The van der Waals surface area contributed by atoms with E-state index < -0.39 is 24.0 Å².